The topological polar surface area (TPSA) is 83.8 Å². The van der Waals surface area contributed by atoms with E-state index in [0.29, 0.717) is 6.29 Å². The van der Waals surface area contributed by atoms with E-state index < -0.39 is 5.91 Å². The summed E-state index contributed by atoms with van der Waals surface area (Å²) in [6.45, 7) is 0. The molecule has 0 saturated carbocycles. The van der Waals surface area contributed by atoms with Gasteiger partial charge in [-0.15, -0.1) is 4.91 Å². The van der Waals surface area contributed by atoms with E-state index in [4.69, 9.17) is 5.11 Å². The summed E-state index contributed by atoms with van der Waals surface area (Å²) >= 11 is 0. The highest BCUT2D eigenvalue weighted by Crippen LogP contribution is 2.18. The molecule has 5 nitrogen and oxygen atoms in total. The second kappa shape index (κ2) is 3.57. The second-order valence-electron chi connectivity index (χ2n) is 2.29. The van der Waals surface area contributed by atoms with E-state index in [2.05, 4.69) is 5.18 Å². The molecule has 66 valence electrons. The molecule has 0 aromatic heterocycles. The molecule has 0 atom stereocenters. The van der Waals surface area contributed by atoms with Gasteiger partial charge in [-0.2, -0.15) is 0 Å². The van der Waals surface area contributed by atoms with Gasteiger partial charge in [0.05, 0.1) is 5.56 Å². The lowest BCUT2D eigenvalue weighted by Gasteiger charge is -1.98. The number of phenols is 1. The summed E-state index contributed by atoms with van der Waals surface area (Å²) in [5.41, 5.74) is -0.0654. The van der Waals surface area contributed by atoms with Gasteiger partial charge in [0.1, 0.15) is 12.0 Å². The molecule has 1 aromatic carbocycles. The van der Waals surface area contributed by atoms with Gasteiger partial charge in [0.25, 0.3) is 0 Å². The first kappa shape index (κ1) is 9.05. The van der Waals surface area contributed by atoms with Crippen LogP contribution in [0.2, 0.25) is 0 Å². The second-order valence-corrected chi connectivity index (χ2v) is 2.29. The van der Waals surface area contributed by atoms with E-state index in [0.717, 1.165) is 12.1 Å². The van der Waals surface area contributed by atoms with Crippen LogP contribution in [0, 0.1) is 4.91 Å². The van der Waals surface area contributed by atoms with Crippen LogP contribution in [0.3, 0.4) is 0 Å². The van der Waals surface area contributed by atoms with E-state index in [1.807, 2.05) is 0 Å². The molecule has 0 fully saturated rings. The third-order valence-corrected chi connectivity index (χ3v) is 1.47. The number of carbonyl (C=O) groups is 2. The van der Waals surface area contributed by atoms with Crippen LogP contribution in [0.25, 0.3) is 0 Å². The van der Waals surface area contributed by atoms with Gasteiger partial charge in [-0.05, 0) is 18.2 Å². The average Bonchev–Trinajstić information content (AvgIpc) is 2.17. The number of nitrogens with zero attached hydrogens (tertiary/aromatic N) is 1. The van der Waals surface area contributed by atoms with Crippen molar-refractivity contribution in [3.63, 3.8) is 0 Å². The van der Waals surface area contributed by atoms with E-state index >= 15 is 0 Å². The van der Waals surface area contributed by atoms with Crippen molar-refractivity contribution < 1.29 is 14.7 Å². The fourth-order valence-electron chi connectivity index (χ4n) is 0.847. The van der Waals surface area contributed by atoms with Gasteiger partial charge < -0.3 is 5.11 Å². The highest BCUT2D eigenvalue weighted by atomic mass is 16.3. The summed E-state index contributed by atoms with van der Waals surface area (Å²) in [5.74, 6) is -1.46. The number of phenolic OH excluding ortho intramolecular Hbond substituents is 1. The summed E-state index contributed by atoms with van der Waals surface area (Å²) < 4.78 is 0. The van der Waals surface area contributed by atoms with E-state index in [-0.39, 0.29) is 16.9 Å². The van der Waals surface area contributed by atoms with Crippen LogP contribution in [0.1, 0.15) is 20.7 Å². The van der Waals surface area contributed by atoms with Crippen molar-refractivity contribution in [1.29, 1.82) is 0 Å². The largest absolute Gasteiger partial charge is 0.507 e. The molecule has 13 heavy (non-hydrogen) atoms. The van der Waals surface area contributed by atoms with Crippen molar-refractivity contribution in [3.8, 4) is 5.75 Å². The third kappa shape index (κ3) is 1.76. The average molecular weight is 179 g/mol. The first-order chi connectivity index (χ1) is 6.19. The third-order valence-electron chi connectivity index (χ3n) is 1.47. The van der Waals surface area contributed by atoms with Crippen molar-refractivity contribution in [2.75, 3.05) is 0 Å². The highest BCUT2D eigenvalue weighted by molar-refractivity contribution is 5.98. The summed E-state index contributed by atoms with van der Waals surface area (Å²) in [4.78, 5) is 30.9. The number of aromatic hydroxyl groups is 1. The molecular formula is C8H5NO4. The zero-order valence-electron chi connectivity index (χ0n) is 6.43. The Morgan fingerprint density at radius 2 is 2.15 bits per heavy atom. The highest BCUT2D eigenvalue weighted by Gasteiger charge is 2.11. The van der Waals surface area contributed by atoms with Crippen molar-refractivity contribution in [2.24, 2.45) is 5.18 Å². The van der Waals surface area contributed by atoms with Crippen LogP contribution >= 0.6 is 0 Å². The van der Waals surface area contributed by atoms with Gasteiger partial charge in [-0.25, -0.2) is 0 Å². The number of nitroso groups, excluding NO2 is 1. The molecule has 1 rings (SSSR count). The van der Waals surface area contributed by atoms with Crippen LogP contribution < -0.4 is 0 Å². The molecule has 1 amide bonds. The van der Waals surface area contributed by atoms with E-state index in [1.165, 1.54) is 6.07 Å². The van der Waals surface area contributed by atoms with Crippen molar-refractivity contribution >= 4 is 12.2 Å². The Labute approximate surface area is 73.0 Å². The molecule has 1 aromatic rings. The summed E-state index contributed by atoms with van der Waals surface area (Å²) in [6, 6.07) is 3.58. The van der Waals surface area contributed by atoms with E-state index in [1.54, 1.807) is 0 Å². The Morgan fingerprint density at radius 1 is 1.46 bits per heavy atom. The lowest BCUT2D eigenvalue weighted by atomic mass is 10.1. The Balaban J connectivity index is 3.25. The normalized spacial score (nSPS) is 9.23. The van der Waals surface area contributed by atoms with Gasteiger partial charge in [-0.3, -0.25) is 9.59 Å². The number of hydrogen-bond donors (Lipinski definition) is 1. The molecule has 0 aliphatic carbocycles. The molecule has 0 aliphatic heterocycles. The molecule has 0 spiro atoms. The maximum atomic E-state index is 10.7. The Bertz CT molecular complexity index is 372. The lowest BCUT2D eigenvalue weighted by Crippen LogP contribution is -1.95. The quantitative estimate of drug-likeness (QED) is 0.544. The maximum Gasteiger partial charge on any atom is 0.320 e. The van der Waals surface area contributed by atoms with Crippen LogP contribution in [-0.2, 0) is 0 Å². The maximum absolute atomic E-state index is 10.7. The summed E-state index contributed by atoms with van der Waals surface area (Å²) in [7, 11) is 0. The van der Waals surface area contributed by atoms with Gasteiger partial charge in [0.2, 0.25) is 0 Å². The van der Waals surface area contributed by atoms with Crippen molar-refractivity contribution in [1.82, 2.24) is 0 Å². The molecule has 0 unspecified atom stereocenters. The summed E-state index contributed by atoms with van der Waals surface area (Å²) in [6.07, 6.45) is 0.501. The number of rotatable bonds is 2. The molecule has 0 bridgehead atoms. The minimum absolute atomic E-state index is 0.199. The molecular weight excluding hydrogens is 174 g/mol. The van der Waals surface area contributed by atoms with E-state index in [9.17, 15) is 14.5 Å². The molecule has 0 aliphatic rings. The molecule has 5 heteroatoms. The molecule has 0 radical (unpaired) electrons. The van der Waals surface area contributed by atoms with Gasteiger partial charge in [-0.1, -0.05) is 0 Å². The SMILES string of the molecule is O=Cc1ccc(O)c(C(=O)N=O)c1. The lowest BCUT2D eigenvalue weighted by molar-refractivity contribution is 0.0998. The standard InChI is InChI=1S/C8H5NO4/c10-4-5-1-2-7(11)6(3-5)8(12)9-13/h1-4,11H. The predicted octanol–water partition coefficient (Wildman–Crippen LogP) is 1.11. The van der Waals surface area contributed by atoms with Crippen LogP contribution in [0.4, 0.5) is 0 Å². The minimum Gasteiger partial charge on any atom is -0.507 e. The zero-order chi connectivity index (χ0) is 9.84. The molecule has 0 heterocycles. The predicted molar refractivity (Wildman–Crippen MR) is 43.6 cm³/mol. The van der Waals surface area contributed by atoms with Crippen molar-refractivity contribution in [2.45, 2.75) is 0 Å². The number of carbonyl (C=O) groups excluding carboxylic acids is 2. The van der Waals surface area contributed by atoms with Crippen LogP contribution in [-0.4, -0.2) is 17.3 Å². The number of amides is 1. The fraction of sp³-hybridized carbons (Fsp3) is 0. The monoisotopic (exact) mass is 179 g/mol. The fourth-order valence-corrected chi connectivity index (χ4v) is 0.847. The van der Waals surface area contributed by atoms with Crippen LogP contribution in [0.5, 0.6) is 5.75 Å². The first-order valence-electron chi connectivity index (χ1n) is 3.35. The van der Waals surface area contributed by atoms with Gasteiger partial charge in [0.15, 0.2) is 0 Å². The Morgan fingerprint density at radius 3 is 2.69 bits per heavy atom. The van der Waals surface area contributed by atoms with Crippen molar-refractivity contribution in [3.05, 3.63) is 34.2 Å². The van der Waals surface area contributed by atoms with Gasteiger partial charge >= 0.3 is 5.91 Å². The Hall–Kier alpha value is -2.04. The molecule has 1 N–H and O–H groups in total. The smallest absolute Gasteiger partial charge is 0.320 e. The molecule has 0 saturated heterocycles. The number of aldehydes is 1. The minimum atomic E-state index is -1.10. The first-order valence-corrected chi connectivity index (χ1v) is 3.35. The van der Waals surface area contributed by atoms with Crippen LogP contribution in [0.15, 0.2) is 23.4 Å². The summed E-state index contributed by atoms with van der Waals surface area (Å²) in [5, 5.41) is 11.2. The Kier molecular flexibility index (Phi) is 2.49. The number of benzene rings is 1. The zero-order valence-corrected chi connectivity index (χ0v) is 6.43. The number of hydrogen-bond acceptors (Lipinski definition) is 4. The van der Waals surface area contributed by atoms with Gasteiger partial charge in [0, 0.05) is 10.7 Å².